The fraction of sp³-hybridized carbons (Fsp3) is 0.712. The Morgan fingerprint density at radius 2 is 0.967 bits per heavy atom. The summed E-state index contributed by atoms with van der Waals surface area (Å²) in [5.74, 6) is -1.85. The Balaban J connectivity index is 4.28. The van der Waals surface area contributed by atoms with Crippen LogP contribution in [0.2, 0.25) is 0 Å². The van der Waals surface area contributed by atoms with E-state index in [1.165, 1.54) is 96.3 Å². The second-order valence-corrected chi connectivity index (χ2v) is 17.0. The van der Waals surface area contributed by atoms with Crippen LogP contribution in [0.25, 0.3) is 0 Å². The standard InChI is InChI=1S/C52H89NO7/c1-6-8-10-12-14-16-18-20-21-22-23-24-25-26-27-28-29-31-32-34-36-38-40-42-50(54)59-47-48(46-58-45-44-49(52(56)57)53(3,4)5)60-51(55)43-41-39-37-35-33-30-19-17-15-13-11-9-7-2/h9,11,15,17-18,20,22-23,30,33,37,39,48-49H,6-8,10,12-14,16,19,21,24-29,31-32,34-36,38,40-47H2,1-5H3/b11-9-,17-15-,20-18-,23-22-,33-30-,39-37-. The first-order chi connectivity index (χ1) is 29.1. The molecule has 0 saturated heterocycles. The van der Waals surface area contributed by atoms with Crippen molar-refractivity contribution in [2.45, 2.75) is 199 Å². The van der Waals surface area contributed by atoms with Gasteiger partial charge in [0.15, 0.2) is 6.10 Å². The van der Waals surface area contributed by atoms with Crippen LogP contribution in [0.1, 0.15) is 187 Å². The zero-order valence-electron chi connectivity index (χ0n) is 39.1. The number of carboxylic acids is 1. The highest BCUT2D eigenvalue weighted by Gasteiger charge is 2.25. The van der Waals surface area contributed by atoms with Gasteiger partial charge in [0.25, 0.3) is 0 Å². The molecule has 0 spiro atoms. The number of carbonyl (C=O) groups excluding carboxylic acids is 3. The van der Waals surface area contributed by atoms with E-state index in [1.807, 2.05) is 12.2 Å². The molecule has 0 amide bonds. The predicted octanol–water partition coefficient (Wildman–Crippen LogP) is 12.2. The topological polar surface area (TPSA) is 102 Å². The van der Waals surface area contributed by atoms with Crippen LogP contribution in [-0.2, 0) is 28.6 Å². The van der Waals surface area contributed by atoms with Crippen LogP contribution < -0.4 is 5.11 Å². The first-order valence-corrected chi connectivity index (χ1v) is 24.0. The molecule has 8 nitrogen and oxygen atoms in total. The first kappa shape index (κ1) is 56.8. The Morgan fingerprint density at radius 3 is 1.45 bits per heavy atom. The number of unbranched alkanes of at least 4 members (excludes halogenated alkanes) is 16. The predicted molar refractivity (Wildman–Crippen MR) is 249 cm³/mol. The summed E-state index contributed by atoms with van der Waals surface area (Å²) in [7, 11) is 5.38. The number of hydrogen-bond acceptors (Lipinski definition) is 7. The molecular formula is C52H89NO7. The van der Waals surface area contributed by atoms with E-state index in [-0.39, 0.29) is 43.1 Å². The van der Waals surface area contributed by atoms with Crippen molar-refractivity contribution in [3.05, 3.63) is 72.9 Å². The third-order valence-electron chi connectivity index (χ3n) is 10.3. The maximum absolute atomic E-state index is 12.7. The van der Waals surface area contributed by atoms with E-state index in [2.05, 4.69) is 74.6 Å². The Hall–Kier alpha value is -3.23. The van der Waals surface area contributed by atoms with Crippen LogP contribution in [0, 0.1) is 0 Å². The van der Waals surface area contributed by atoms with Crippen LogP contribution >= 0.6 is 0 Å². The molecule has 0 heterocycles. The van der Waals surface area contributed by atoms with E-state index in [9.17, 15) is 19.5 Å². The molecule has 0 N–H and O–H groups in total. The maximum atomic E-state index is 12.7. The monoisotopic (exact) mass is 840 g/mol. The average Bonchev–Trinajstić information content (AvgIpc) is 3.21. The van der Waals surface area contributed by atoms with Crippen molar-refractivity contribution in [2.24, 2.45) is 0 Å². The largest absolute Gasteiger partial charge is 0.544 e. The van der Waals surface area contributed by atoms with Crippen molar-refractivity contribution < 1.29 is 38.2 Å². The number of allylic oxidation sites excluding steroid dienone is 12. The minimum absolute atomic E-state index is 0.00862. The second kappa shape index (κ2) is 42.5. The number of rotatable bonds is 42. The molecule has 2 unspecified atom stereocenters. The second-order valence-electron chi connectivity index (χ2n) is 17.0. The van der Waals surface area contributed by atoms with E-state index >= 15 is 0 Å². The number of quaternary nitrogens is 1. The summed E-state index contributed by atoms with van der Waals surface area (Å²) in [5, 5.41) is 11.6. The molecule has 0 aliphatic carbocycles. The number of hydrogen-bond donors (Lipinski definition) is 0. The Morgan fingerprint density at radius 1 is 0.517 bits per heavy atom. The van der Waals surface area contributed by atoms with Gasteiger partial charge in [0.2, 0.25) is 0 Å². The lowest BCUT2D eigenvalue weighted by Crippen LogP contribution is -2.55. The lowest BCUT2D eigenvalue weighted by molar-refractivity contribution is -0.889. The summed E-state index contributed by atoms with van der Waals surface area (Å²) in [5.41, 5.74) is 0. The van der Waals surface area contributed by atoms with Crippen LogP contribution in [-0.4, -0.2) is 75.5 Å². The average molecular weight is 840 g/mol. The molecule has 0 fully saturated rings. The molecule has 0 bridgehead atoms. The highest BCUT2D eigenvalue weighted by atomic mass is 16.6. The first-order valence-electron chi connectivity index (χ1n) is 24.0. The summed E-state index contributed by atoms with van der Waals surface area (Å²) in [6.07, 6.45) is 53.8. The van der Waals surface area contributed by atoms with Crippen molar-refractivity contribution >= 4 is 17.9 Å². The highest BCUT2D eigenvalue weighted by molar-refractivity contribution is 5.70. The van der Waals surface area contributed by atoms with Gasteiger partial charge in [-0.05, 0) is 70.6 Å². The van der Waals surface area contributed by atoms with Gasteiger partial charge in [0.05, 0.1) is 40.3 Å². The Labute approximate surface area is 368 Å². The number of carboxylic acid groups (broad SMARTS) is 1. The molecule has 0 saturated carbocycles. The summed E-state index contributed by atoms with van der Waals surface area (Å²) in [4.78, 5) is 36.9. The van der Waals surface area contributed by atoms with Crippen molar-refractivity contribution in [3.63, 3.8) is 0 Å². The van der Waals surface area contributed by atoms with E-state index in [1.54, 1.807) is 21.1 Å². The van der Waals surface area contributed by atoms with Crippen LogP contribution in [0.5, 0.6) is 0 Å². The highest BCUT2D eigenvalue weighted by Crippen LogP contribution is 2.14. The summed E-state index contributed by atoms with van der Waals surface area (Å²) < 4.78 is 17.1. The molecule has 344 valence electrons. The number of carbonyl (C=O) groups is 3. The number of nitrogens with zero attached hydrogens (tertiary/aromatic N) is 1. The van der Waals surface area contributed by atoms with Gasteiger partial charge < -0.3 is 28.6 Å². The third kappa shape index (κ3) is 40.2. The zero-order valence-corrected chi connectivity index (χ0v) is 39.1. The van der Waals surface area contributed by atoms with Gasteiger partial charge in [-0.2, -0.15) is 0 Å². The lowest BCUT2D eigenvalue weighted by Gasteiger charge is -2.34. The van der Waals surface area contributed by atoms with E-state index < -0.39 is 24.1 Å². The molecule has 2 atom stereocenters. The summed E-state index contributed by atoms with van der Waals surface area (Å²) >= 11 is 0. The van der Waals surface area contributed by atoms with Gasteiger partial charge >= 0.3 is 11.9 Å². The fourth-order valence-electron chi connectivity index (χ4n) is 6.64. The summed E-state index contributed by atoms with van der Waals surface area (Å²) in [6, 6.07) is -0.741. The van der Waals surface area contributed by atoms with E-state index in [0.29, 0.717) is 12.8 Å². The van der Waals surface area contributed by atoms with Crippen LogP contribution in [0.4, 0.5) is 0 Å². The lowest BCUT2D eigenvalue weighted by atomic mass is 10.0. The van der Waals surface area contributed by atoms with Gasteiger partial charge in [-0.15, -0.1) is 0 Å². The van der Waals surface area contributed by atoms with E-state index in [0.717, 1.165) is 51.4 Å². The minimum atomic E-state index is -1.14. The number of ether oxygens (including phenoxy) is 3. The smallest absolute Gasteiger partial charge is 0.306 e. The van der Waals surface area contributed by atoms with Crippen LogP contribution in [0.3, 0.4) is 0 Å². The van der Waals surface area contributed by atoms with Gasteiger partial charge in [-0.25, -0.2) is 0 Å². The number of aliphatic carboxylic acids is 1. The quantitative estimate of drug-likeness (QED) is 0.0261. The molecule has 0 radical (unpaired) electrons. The molecule has 0 aliphatic heterocycles. The summed E-state index contributed by atoms with van der Waals surface area (Å²) in [6.45, 7) is 4.45. The van der Waals surface area contributed by atoms with Gasteiger partial charge in [-0.3, -0.25) is 9.59 Å². The molecule has 0 aromatic rings. The minimum Gasteiger partial charge on any atom is -0.544 e. The van der Waals surface area contributed by atoms with E-state index in [4.69, 9.17) is 14.2 Å². The van der Waals surface area contributed by atoms with Crippen molar-refractivity contribution in [3.8, 4) is 0 Å². The number of esters is 2. The van der Waals surface area contributed by atoms with Crippen molar-refractivity contribution in [2.75, 3.05) is 41.0 Å². The van der Waals surface area contributed by atoms with Gasteiger partial charge in [0.1, 0.15) is 12.6 Å². The van der Waals surface area contributed by atoms with Gasteiger partial charge in [-0.1, -0.05) is 170 Å². The SMILES string of the molecule is CC/C=C\C/C=C\C/C=C\C/C=C\CCC(=O)OC(COCCC(C(=O)[O-])[N+](C)(C)C)COC(=O)CCCCCCCCCCCCC/C=C\C/C=C\CCCCCCC. The Bertz CT molecular complexity index is 1210. The Kier molecular flexibility index (Phi) is 40.2. The molecule has 0 rings (SSSR count). The maximum Gasteiger partial charge on any atom is 0.306 e. The zero-order chi connectivity index (χ0) is 44.2. The molecule has 8 heteroatoms. The molecule has 0 aliphatic rings. The molecule has 60 heavy (non-hydrogen) atoms. The normalized spacial score (nSPS) is 13.6. The molecule has 0 aromatic carbocycles. The third-order valence-corrected chi connectivity index (χ3v) is 10.3. The fourth-order valence-corrected chi connectivity index (χ4v) is 6.64. The van der Waals surface area contributed by atoms with Crippen LogP contribution in [0.15, 0.2) is 72.9 Å². The number of likely N-dealkylation sites (N-methyl/N-ethyl adjacent to an activating group) is 1. The molecule has 0 aromatic heterocycles. The van der Waals surface area contributed by atoms with Gasteiger partial charge in [0, 0.05) is 19.3 Å². The molecular weight excluding hydrogens is 751 g/mol. The van der Waals surface area contributed by atoms with Crippen molar-refractivity contribution in [1.29, 1.82) is 0 Å². The van der Waals surface area contributed by atoms with Crippen molar-refractivity contribution in [1.82, 2.24) is 0 Å².